The maximum atomic E-state index is 10.6. The summed E-state index contributed by atoms with van der Waals surface area (Å²) in [6, 6.07) is 6.73. The summed E-state index contributed by atoms with van der Waals surface area (Å²) in [6.07, 6.45) is 0. The highest BCUT2D eigenvalue weighted by Gasteiger charge is 2.22. The molecule has 0 aliphatic heterocycles. The van der Waals surface area contributed by atoms with Crippen molar-refractivity contribution in [3.8, 4) is 0 Å². The average molecular weight is 220 g/mol. The molecule has 1 atom stereocenters. The van der Waals surface area contributed by atoms with Gasteiger partial charge in [-0.1, -0.05) is 32.9 Å². The summed E-state index contributed by atoms with van der Waals surface area (Å²) in [6.45, 7) is 6.26. The first kappa shape index (κ1) is 11.9. The van der Waals surface area contributed by atoms with E-state index < -0.39 is 0 Å². The predicted octanol–water partition coefficient (Wildman–Crippen LogP) is 2.85. The van der Waals surface area contributed by atoms with Crippen LogP contribution in [0, 0.1) is 15.5 Å². The van der Waals surface area contributed by atoms with Gasteiger partial charge in [-0.05, 0) is 16.5 Å². The fraction of sp³-hybridized carbons (Fsp3) is 0.455. The van der Waals surface area contributed by atoms with Crippen LogP contribution in [-0.4, -0.2) is 15.2 Å². The smallest absolute Gasteiger partial charge is 0.258 e. The fourth-order valence-electron chi connectivity index (χ4n) is 1.32. The van der Waals surface area contributed by atoms with Crippen molar-refractivity contribution in [3.05, 3.63) is 39.9 Å². The average Bonchev–Trinajstić information content (AvgIpc) is 2.15. The van der Waals surface area contributed by atoms with E-state index in [4.69, 9.17) is 0 Å². The van der Waals surface area contributed by atoms with Crippen molar-refractivity contribution < 1.29 is 4.92 Å². The molecule has 1 unspecified atom stereocenters. The number of rotatable bonds is 2. The lowest BCUT2D eigenvalue weighted by molar-refractivity contribution is -0.384. The number of benzene rings is 1. The van der Waals surface area contributed by atoms with Crippen LogP contribution in [0.2, 0.25) is 0 Å². The molecule has 15 heavy (non-hydrogen) atoms. The summed E-state index contributed by atoms with van der Waals surface area (Å²) in [5.41, 5.74) is 1.22. The molecule has 0 saturated heterocycles. The molecule has 0 aliphatic carbocycles. The van der Waals surface area contributed by atoms with Gasteiger partial charge in [0.1, 0.15) is 0 Å². The van der Waals surface area contributed by atoms with E-state index in [9.17, 15) is 10.1 Å². The lowest BCUT2D eigenvalue weighted by Crippen LogP contribution is -2.18. The Morgan fingerprint density at radius 1 is 1.40 bits per heavy atom. The minimum absolute atomic E-state index is 0.0338. The van der Waals surface area contributed by atoms with Crippen LogP contribution in [0.1, 0.15) is 31.9 Å². The van der Waals surface area contributed by atoms with E-state index in [0.29, 0.717) is 0 Å². The van der Waals surface area contributed by atoms with Crippen LogP contribution < -0.4 is 0 Å². The van der Waals surface area contributed by atoms with Gasteiger partial charge < -0.3 is 0 Å². The Morgan fingerprint density at radius 2 is 2.00 bits per heavy atom. The topological polar surface area (TPSA) is 43.1 Å². The number of nitrogens with zero attached hydrogens (tertiary/aromatic N) is 1. The van der Waals surface area contributed by atoms with Gasteiger partial charge in [0.15, 0.2) is 0 Å². The predicted molar refractivity (Wildman–Crippen MR) is 61.0 cm³/mol. The lowest BCUT2D eigenvalue weighted by Gasteiger charge is -2.27. The number of non-ortho nitro benzene ring substituents is 1. The van der Waals surface area contributed by atoms with Gasteiger partial charge in [0, 0.05) is 22.4 Å². The SMILES string of the molecule is CC(C)(C)C([Si])c1cccc([N+](=O)[O-])c1. The maximum absolute atomic E-state index is 10.6. The van der Waals surface area contributed by atoms with Crippen molar-refractivity contribution >= 4 is 15.9 Å². The van der Waals surface area contributed by atoms with Crippen LogP contribution in [-0.2, 0) is 0 Å². The second kappa shape index (κ2) is 4.14. The van der Waals surface area contributed by atoms with Gasteiger partial charge in [-0.25, -0.2) is 0 Å². The molecule has 1 aromatic carbocycles. The van der Waals surface area contributed by atoms with Gasteiger partial charge in [0.25, 0.3) is 5.69 Å². The van der Waals surface area contributed by atoms with Crippen molar-refractivity contribution in [3.63, 3.8) is 0 Å². The Bertz CT molecular complexity index is 371. The molecule has 0 heterocycles. The molecule has 0 saturated carbocycles. The molecule has 3 radical (unpaired) electrons. The molecule has 0 N–H and O–H groups in total. The Labute approximate surface area is 93.1 Å². The quantitative estimate of drug-likeness (QED) is 0.437. The standard InChI is InChI=1S/C11H14NO2Si/c1-11(2,3)10(15)8-5-4-6-9(7-8)12(13)14/h4-7,10H,1-3H3. The Morgan fingerprint density at radius 3 is 2.47 bits per heavy atom. The van der Waals surface area contributed by atoms with Crippen molar-refractivity contribution in [1.29, 1.82) is 0 Å². The second-order valence-electron chi connectivity index (χ2n) is 4.65. The van der Waals surface area contributed by atoms with E-state index in [0.717, 1.165) is 5.56 Å². The minimum atomic E-state index is -0.370. The van der Waals surface area contributed by atoms with Crippen LogP contribution in [0.5, 0.6) is 0 Å². The first-order valence-electron chi connectivity index (χ1n) is 4.78. The highest BCUT2D eigenvalue weighted by Crippen LogP contribution is 2.33. The van der Waals surface area contributed by atoms with Gasteiger partial charge in [-0.15, -0.1) is 0 Å². The van der Waals surface area contributed by atoms with Gasteiger partial charge in [-0.3, -0.25) is 10.1 Å². The normalized spacial score (nSPS) is 13.6. The zero-order valence-corrected chi connectivity index (χ0v) is 10.2. The molecule has 4 heteroatoms. The molecule has 0 spiro atoms. The number of nitro groups is 1. The third kappa shape index (κ3) is 2.89. The third-order valence-electron chi connectivity index (χ3n) is 2.28. The van der Waals surface area contributed by atoms with Crippen LogP contribution >= 0.6 is 0 Å². The van der Waals surface area contributed by atoms with Gasteiger partial charge in [0.2, 0.25) is 0 Å². The van der Waals surface area contributed by atoms with Crippen molar-refractivity contribution in [2.24, 2.45) is 5.41 Å². The van der Waals surface area contributed by atoms with Crippen LogP contribution in [0.4, 0.5) is 5.69 Å². The summed E-state index contributed by atoms with van der Waals surface area (Å²) >= 11 is 0. The van der Waals surface area contributed by atoms with Crippen molar-refractivity contribution in [2.75, 3.05) is 0 Å². The molecule has 3 nitrogen and oxygen atoms in total. The Kier molecular flexibility index (Phi) is 3.29. The second-order valence-corrected chi connectivity index (χ2v) is 5.23. The van der Waals surface area contributed by atoms with Crippen LogP contribution in [0.25, 0.3) is 0 Å². The summed E-state index contributed by atoms with van der Waals surface area (Å²) in [5.74, 6) is 0. The zero-order chi connectivity index (χ0) is 11.6. The number of hydrogen-bond acceptors (Lipinski definition) is 2. The van der Waals surface area contributed by atoms with E-state index >= 15 is 0 Å². The highest BCUT2D eigenvalue weighted by atomic mass is 28.1. The summed E-state index contributed by atoms with van der Waals surface area (Å²) in [5, 5.41) is 10.6. The monoisotopic (exact) mass is 220 g/mol. The van der Waals surface area contributed by atoms with Crippen molar-refractivity contribution in [2.45, 2.75) is 26.3 Å². The largest absolute Gasteiger partial charge is 0.269 e. The maximum Gasteiger partial charge on any atom is 0.269 e. The van der Waals surface area contributed by atoms with Crippen molar-refractivity contribution in [1.82, 2.24) is 0 Å². The Hall–Kier alpha value is -1.16. The number of hydrogen-bond donors (Lipinski definition) is 0. The van der Waals surface area contributed by atoms with E-state index in [2.05, 4.69) is 31.0 Å². The zero-order valence-electron chi connectivity index (χ0n) is 9.15. The van der Waals surface area contributed by atoms with E-state index in [1.54, 1.807) is 12.1 Å². The van der Waals surface area contributed by atoms with Crippen LogP contribution in [0.3, 0.4) is 0 Å². The minimum Gasteiger partial charge on any atom is -0.258 e. The highest BCUT2D eigenvalue weighted by molar-refractivity contribution is 6.13. The van der Waals surface area contributed by atoms with E-state index in [-0.39, 0.29) is 21.6 Å². The lowest BCUT2D eigenvalue weighted by atomic mass is 9.87. The third-order valence-corrected chi connectivity index (χ3v) is 3.48. The molecule has 0 amide bonds. The molecule has 0 aliphatic rings. The molecule has 1 aromatic rings. The molecule has 0 fully saturated rings. The molecular weight excluding hydrogens is 206 g/mol. The van der Waals surface area contributed by atoms with Crippen LogP contribution in [0.15, 0.2) is 24.3 Å². The summed E-state index contributed by atoms with van der Waals surface area (Å²) in [7, 11) is 3.62. The fourth-order valence-corrected chi connectivity index (χ4v) is 1.50. The first-order valence-corrected chi connectivity index (χ1v) is 5.35. The molecule has 79 valence electrons. The summed E-state index contributed by atoms with van der Waals surface area (Å²) in [4.78, 5) is 10.2. The molecule has 1 rings (SSSR count). The van der Waals surface area contributed by atoms with E-state index in [1.807, 2.05) is 6.07 Å². The Balaban J connectivity index is 3.06. The van der Waals surface area contributed by atoms with Gasteiger partial charge >= 0.3 is 0 Å². The summed E-state index contributed by atoms with van der Waals surface area (Å²) < 4.78 is 0. The molecule has 0 bridgehead atoms. The van der Waals surface area contributed by atoms with Gasteiger partial charge in [-0.2, -0.15) is 0 Å². The first-order chi connectivity index (χ1) is 6.82. The molecular formula is C11H14NO2Si. The van der Waals surface area contributed by atoms with E-state index in [1.165, 1.54) is 6.07 Å². The molecule has 0 aromatic heterocycles. The van der Waals surface area contributed by atoms with Gasteiger partial charge in [0.05, 0.1) is 4.92 Å². The number of nitro benzene ring substituents is 1.